The molecule has 0 radical (unpaired) electrons. The first-order valence-electron chi connectivity index (χ1n) is 5.50. The van der Waals surface area contributed by atoms with Crippen LogP contribution in [0.5, 0.6) is 0 Å². The minimum atomic E-state index is -0.112. The van der Waals surface area contributed by atoms with E-state index in [9.17, 15) is 0 Å². The summed E-state index contributed by atoms with van der Waals surface area (Å²) in [7, 11) is 0. The van der Waals surface area contributed by atoms with E-state index in [1.807, 2.05) is 30.7 Å². The molecule has 0 spiro atoms. The maximum absolute atomic E-state index is 8.91. The lowest BCUT2D eigenvalue weighted by Crippen LogP contribution is -2.21. The molecule has 4 heteroatoms. The SMILES string of the molecule is N#Cc1cccc(C2OCCn3cncc32)c1. The molecule has 0 aliphatic carbocycles. The summed E-state index contributed by atoms with van der Waals surface area (Å²) in [6.45, 7) is 1.51. The van der Waals surface area contributed by atoms with E-state index >= 15 is 0 Å². The van der Waals surface area contributed by atoms with Gasteiger partial charge in [0, 0.05) is 6.54 Å². The molecule has 3 rings (SSSR count). The highest BCUT2D eigenvalue weighted by Crippen LogP contribution is 2.29. The van der Waals surface area contributed by atoms with E-state index in [0.29, 0.717) is 12.2 Å². The summed E-state index contributed by atoms with van der Waals surface area (Å²) in [6.07, 6.45) is 3.53. The van der Waals surface area contributed by atoms with Gasteiger partial charge < -0.3 is 9.30 Å². The summed E-state index contributed by atoms with van der Waals surface area (Å²) >= 11 is 0. The first-order valence-corrected chi connectivity index (χ1v) is 5.50. The average molecular weight is 225 g/mol. The van der Waals surface area contributed by atoms with Gasteiger partial charge in [0.05, 0.1) is 36.5 Å². The molecule has 1 unspecified atom stereocenters. The lowest BCUT2D eigenvalue weighted by Gasteiger charge is -2.25. The lowest BCUT2D eigenvalue weighted by molar-refractivity contribution is 0.0465. The van der Waals surface area contributed by atoms with Gasteiger partial charge in [-0.25, -0.2) is 4.98 Å². The predicted molar refractivity (Wildman–Crippen MR) is 61.2 cm³/mol. The predicted octanol–water partition coefficient (Wildman–Crippen LogP) is 1.87. The van der Waals surface area contributed by atoms with Crippen LogP contribution in [0.3, 0.4) is 0 Å². The van der Waals surface area contributed by atoms with E-state index in [1.54, 1.807) is 6.07 Å². The number of rotatable bonds is 1. The van der Waals surface area contributed by atoms with Crippen molar-refractivity contribution in [3.8, 4) is 6.07 Å². The van der Waals surface area contributed by atoms with Crippen LogP contribution < -0.4 is 0 Å². The van der Waals surface area contributed by atoms with Gasteiger partial charge in [0.25, 0.3) is 0 Å². The number of nitriles is 1. The van der Waals surface area contributed by atoms with Gasteiger partial charge in [0.15, 0.2) is 0 Å². The quantitative estimate of drug-likeness (QED) is 0.744. The largest absolute Gasteiger partial charge is 0.365 e. The van der Waals surface area contributed by atoms with Crippen LogP contribution in [0, 0.1) is 11.3 Å². The Hall–Kier alpha value is -2.12. The van der Waals surface area contributed by atoms with E-state index in [4.69, 9.17) is 10.00 Å². The zero-order valence-electron chi connectivity index (χ0n) is 9.21. The molecule has 1 atom stereocenters. The van der Waals surface area contributed by atoms with Gasteiger partial charge in [-0.3, -0.25) is 0 Å². The van der Waals surface area contributed by atoms with Gasteiger partial charge in [0.1, 0.15) is 6.10 Å². The Morgan fingerprint density at radius 1 is 1.47 bits per heavy atom. The highest BCUT2D eigenvalue weighted by molar-refractivity contribution is 5.36. The molecule has 0 saturated carbocycles. The Morgan fingerprint density at radius 3 is 3.29 bits per heavy atom. The number of ether oxygens (including phenoxy) is 1. The number of nitrogens with zero attached hydrogens (tertiary/aromatic N) is 3. The molecule has 0 bridgehead atoms. The smallest absolute Gasteiger partial charge is 0.124 e. The fourth-order valence-corrected chi connectivity index (χ4v) is 2.13. The third-order valence-corrected chi connectivity index (χ3v) is 2.95. The molecule has 0 saturated heterocycles. The third-order valence-electron chi connectivity index (χ3n) is 2.95. The van der Waals surface area contributed by atoms with Crippen molar-refractivity contribution >= 4 is 0 Å². The second-order valence-corrected chi connectivity index (χ2v) is 4.00. The number of imidazole rings is 1. The van der Waals surface area contributed by atoms with Crippen LogP contribution in [-0.2, 0) is 11.3 Å². The fourth-order valence-electron chi connectivity index (χ4n) is 2.13. The van der Waals surface area contributed by atoms with Crippen molar-refractivity contribution < 1.29 is 4.74 Å². The molecule has 2 aromatic rings. The van der Waals surface area contributed by atoms with Crippen molar-refractivity contribution in [3.63, 3.8) is 0 Å². The van der Waals surface area contributed by atoms with Crippen molar-refractivity contribution in [2.24, 2.45) is 0 Å². The van der Waals surface area contributed by atoms with Gasteiger partial charge >= 0.3 is 0 Å². The van der Waals surface area contributed by atoms with Gasteiger partial charge in [-0.15, -0.1) is 0 Å². The molecule has 1 aromatic heterocycles. The summed E-state index contributed by atoms with van der Waals surface area (Å²) in [6, 6.07) is 9.67. The maximum Gasteiger partial charge on any atom is 0.124 e. The average Bonchev–Trinajstić information content (AvgIpc) is 2.87. The van der Waals surface area contributed by atoms with Crippen molar-refractivity contribution in [3.05, 3.63) is 53.6 Å². The lowest BCUT2D eigenvalue weighted by atomic mass is 10.0. The molecular weight excluding hydrogens is 214 g/mol. The van der Waals surface area contributed by atoms with Crippen LogP contribution in [-0.4, -0.2) is 16.2 Å². The number of fused-ring (bicyclic) bond motifs is 1. The highest BCUT2D eigenvalue weighted by atomic mass is 16.5. The molecule has 0 amide bonds. The Kier molecular flexibility index (Phi) is 2.39. The molecule has 17 heavy (non-hydrogen) atoms. The topological polar surface area (TPSA) is 50.8 Å². The molecule has 4 nitrogen and oxygen atoms in total. The first-order chi connectivity index (χ1) is 8.38. The van der Waals surface area contributed by atoms with E-state index in [2.05, 4.69) is 15.6 Å². The summed E-state index contributed by atoms with van der Waals surface area (Å²) in [5.74, 6) is 0. The second kappa shape index (κ2) is 4.04. The van der Waals surface area contributed by atoms with Crippen molar-refractivity contribution in [1.82, 2.24) is 9.55 Å². The van der Waals surface area contributed by atoms with Crippen LogP contribution in [0.4, 0.5) is 0 Å². The van der Waals surface area contributed by atoms with E-state index in [0.717, 1.165) is 17.8 Å². The summed E-state index contributed by atoms with van der Waals surface area (Å²) in [5.41, 5.74) is 2.71. The molecule has 1 aromatic carbocycles. The van der Waals surface area contributed by atoms with E-state index < -0.39 is 0 Å². The molecular formula is C13H11N3O. The van der Waals surface area contributed by atoms with E-state index in [1.165, 1.54) is 0 Å². The van der Waals surface area contributed by atoms with Crippen molar-refractivity contribution in [2.45, 2.75) is 12.6 Å². The summed E-state index contributed by atoms with van der Waals surface area (Å²) in [4.78, 5) is 4.14. The number of hydrogen-bond acceptors (Lipinski definition) is 3. The molecule has 2 heterocycles. The fraction of sp³-hybridized carbons (Fsp3) is 0.231. The Bertz CT molecular complexity index is 582. The van der Waals surface area contributed by atoms with Crippen LogP contribution >= 0.6 is 0 Å². The van der Waals surface area contributed by atoms with Crippen LogP contribution in [0.2, 0.25) is 0 Å². The summed E-state index contributed by atoms with van der Waals surface area (Å²) in [5, 5.41) is 8.91. The molecule has 1 aliphatic rings. The molecule has 84 valence electrons. The number of hydrogen-bond donors (Lipinski definition) is 0. The Balaban J connectivity index is 2.04. The van der Waals surface area contributed by atoms with Gasteiger partial charge in [0.2, 0.25) is 0 Å². The van der Waals surface area contributed by atoms with E-state index in [-0.39, 0.29) is 6.10 Å². The zero-order valence-corrected chi connectivity index (χ0v) is 9.21. The molecule has 0 N–H and O–H groups in total. The molecule has 0 fully saturated rings. The summed E-state index contributed by atoms with van der Waals surface area (Å²) < 4.78 is 7.87. The monoisotopic (exact) mass is 225 g/mol. The minimum Gasteiger partial charge on any atom is -0.365 e. The normalized spacial score (nSPS) is 18.4. The Labute approximate surface area is 99.1 Å². The highest BCUT2D eigenvalue weighted by Gasteiger charge is 2.22. The van der Waals surface area contributed by atoms with Crippen molar-refractivity contribution in [1.29, 1.82) is 5.26 Å². The number of aromatic nitrogens is 2. The minimum absolute atomic E-state index is 0.112. The van der Waals surface area contributed by atoms with Crippen LogP contribution in [0.25, 0.3) is 0 Å². The number of benzene rings is 1. The van der Waals surface area contributed by atoms with Crippen molar-refractivity contribution in [2.75, 3.05) is 6.61 Å². The standard InChI is InChI=1S/C13H11N3O/c14-7-10-2-1-3-11(6-10)13-12-8-15-9-16(12)4-5-17-13/h1-3,6,8-9,13H,4-5H2. The van der Waals surface area contributed by atoms with Crippen LogP contribution in [0.15, 0.2) is 36.8 Å². The Morgan fingerprint density at radius 2 is 2.41 bits per heavy atom. The van der Waals surface area contributed by atoms with Gasteiger partial charge in [-0.2, -0.15) is 5.26 Å². The first kappa shape index (κ1) is 10.1. The molecule has 1 aliphatic heterocycles. The van der Waals surface area contributed by atoms with Gasteiger partial charge in [-0.1, -0.05) is 12.1 Å². The maximum atomic E-state index is 8.91. The van der Waals surface area contributed by atoms with Gasteiger partial charge in [-0.05, 0) is 17.7 Å². The third kappa shape index (κ3) is 1.71. The van der Waals surface area contributed by atoms with Crippen LogP contribution in [0.1, 0.15) is 22.9 Å². The zero-order chi connectivity index (χ0) is 11.7. The second-order valence-electron chi connectivity index (χ2n) is 4.00.